The largest absolute Gasteiger partial charge is 0.495 e. The molecule has 0 bridgehead atoms. The normalized spacial score (nSPS) is 11.6. The zero-order valence-electron chi connectivity index (χ0n) is 17.7. The van der Waals surface area contributed by atoms with Crippen molar-refractivity contribution in [2.45, 2.75) is 24.8 Å². The van der Waals surface area contributed by atoms with Gasteiger partial charge in [-0.05, 0) is 30.7 Å². The molecule has 10 heteroatoms. The number of nitrogens with one attached hydrogen (secondary N) is 1. The second-order valence-electron chi connectivity index (χ2n) is 7.03. The van der Waals surface area contributed by atoms with Crippen LogP contribution in [0.5, 0.6) is 5.75 Å². The van der Waals surface area contributed by atoms with Gasteiger partial charge in [0.05, 0.1) is 23.1 Å². The van der Waals surface area contributed by atoms with Gasteiger partial charge in [-0.1, -0.05) is 25.1 Å². The van der Waals surface area contributed by atoms with Gasteiger partial charge in [0, 0.05) is 26.0 Å². The SMILES string of the molecule is CCCn1nc(C(=O)Nc2cc(S(=O)(=O)N(C)C)ccc2OC)c2ccccc2c1=O. The number of hydrogen-bond acceptors (Lipinski definition) is 6. The molecule has 0 aliphatic heterocycles. The Balaban J connectivity index is 2.11. The highest BCUT2D eigenvalue weighted by Gasteiger charge is 2.22. The fourth-order valence-corrected chi connectivity index (χ4v) is 4.03. The summed E-state index contributed by atoms with van der Waals surface area (Å²) >= 11 is 0. The lowest BCUT2D eigenvalue weighted by molar-refractivity contribution is 0.102. The highest BCUT2D eigenvalue weighted by molar-refractivity contribution is 7.89. The van der Waals surface area contributed by atoms with Crippen LogP contribution >= 0.6 is 0 Å². The van der Waals surface area contributed by atoms with Gasteiger partial charge >= 0.3 is 0 Å². The van der Waals surface area contributed by atoms with E-state index in [1.165, 1.54) is 44.1 Å². The Labute approximate surface area is 180 Å². The van der Waals surface area contributed by atoms with Crippen LogP contribution in [0.2, 0.25) is 0 Å². The van der Waals surface area contributed by atoms with Crippen LogP contribution in [0.3, 0.4) is 0 Å². The van der Waals surface area contributed by atoms with Gasteiger partial charge in [0.2, 0.25) is 10.0 Å². The summed E-state index contributed by atoms with van der Waals surface area (Å²) in [7, 11) is 0.546. The predicted octanol–water partition coefficient (Wildman–Crippen LogP) is 2.32. The third kappa shape index (κ3) is 4.30. The van der Waals surface area contributed by atoms with Crippen molar-refractivity contribution in [1.82, 2.24) is 14.1 Å². The summed E-state index contributed by atoms with van der Waals surface area (Å²) in [5.41, 5.74) is -0.0354. The van der Waals surface area contributed by atoms with E-state index in [1.54, 1.807) is 24.3 Å². The number of fused-ring (bicyclic) bond motifs is 1. The van der Waals surface area contributed by atoms with Gasteiger partial charge in [-0.25, -0.2) is 17.4 Å². The average Bonchev–Trinajstić information content (AvgIpc) is 2.75. The Morgan fingerprint density at radius 2 is 1.84 bits per heavy atom. The van der Waals surface area contributed by atoms with Crippen molar-refractivity contribution in [3.05, 3.63) is 58.5 Å². The maximum absolute atomic E-state index is 13.2. The Bertz CT molecular complexity index is 1300. The summed E-state index contributed by atoms with van der Waals surface area (Å²) < 4.78 is 32.6. The zero-order valence-corrected chi connectivity index (χ0v) is 18.6. The molecule has 31 heavy (non-hydrogen) atoms. The lowest BCUT2D eigenvalue weighted by Gasteiger charge is -2.16. The van der Waals surface area contributed by atoms with Crippen LogP contribution in [-0.4, -0.2) is 49.6 Å². The minimum Gasteiger partial charge on any atom is -0.495 e. The van der Waals surface area contributed by atoms with E-state index < -0.39 is 15.9 Å². The lowest BCUT2D eigenvalue weighted by atomic mass is 10.1. The first-order valence-corrected chi connectivity index (χ1v) is 11.1. The van der Waals surface area contributed by atoms with Crippen molar-refractivity contribution >= 4 is 32.4 Å². The summed E-state index contributed by atoms with van der Waals surface area (Å²) in [6.07, 6.45) is 0.671. The molecule has 0 atom stereocenters. The summed E-state index contributed by atoms with van der Waals surface area (Å²) in [5.74, 6) is -0.295. The van der Waals surface area contributed by atoms with E-state index in [9.17, 15) is 18.0 Å². The van der Waals surface area contributed by atoms with Crippen LogP contribution in [0.15, 0.2) is 52.2 Å². The van der Waals surface area contributed by atoms with Crippen LogP contribution in [-0.2, 0) is 16.6 Å². The Kier molecular flexibility index (Phi) is 6.42. The van der Waals surface area contributed by atoms with E-state index in [1.807, 2.05) is 6.92 Å². The summed E-state index contributed by atoms with van der Waals surface area (Å²) in [5, 5.41) is 7.74. The quantitative estimate of drug-likeness (QED) is 0.599. The molecule has 0 saturated carbocycles. The van der Waals surface area contributed by atoms with E-state index >= 15 is 0 Å². The Morgan fingerprint density at radius 3 is 2.45 bits per heavy atom. The van der Waals surface area contributed by atoms with Crippen molar-refractivity contribution in [3.63, 3.8) is 0 Å². The standard InChI is InChI=1S/C21H24N4O5S/c1-5-12-25-21(27)16-9-7-6-8-15(16)19(23-25)20(26)22-17-13-14(10-11-18(17)30-4)31(28,29)24(2)3/h6-11,13H,5,12H2,1-4H3,(H,22,26). The highest BCUT2D eigenvalue weighted by atomic mass is 32.2. The second-order valence-corrected chi connectivity index (χ2v) is 9.18. The molecule has 1 amide bonds. The minimum absolute atomic E-state index is 0.00219. The molecule has 2 aromatic carbocycles. The third-order valence-corrected chi connectivity index (χ3v) is 6.53. The first-order valence-electron chi connectivity index (χ1n) is 9.62. The maximum atomic E-state index is 13.2. The molecule has 3 aromatic rings. The molecule has 0 aliphatic rings. The first-order chi connectivity index (χ1) is 14.7. The van der Waals surface area contributed by atoms with E-state index in [0.29, 0.717) is 23.7 Å². The van der Waals surface area contributed by atoms with E-state index in [4.69, 9.17) is 4.74 Å². The highest BCUT2D eigenvalue weighted by Crippen LogP contribution is 2.29. The van der Waals surface area contributed by atoms with Crippen LogP contribution < -0.4 is 15.6 Å². The lowest BCUT2D eigenvalue weighted by Crippen LogP contribution is -2.27. The number of rotatable bonds is 7. The van der Waals surface area contributed by atoms with Crippen LogP contribution in [0.1, 0.15) is 23.8 Å². The van der Waals surface area contributed by atoms with Gasteiger partial charge in [-0.15, -0.1) is 0 Å². The molecule has 9 nitrogen and oxygen atoms in total. The van der Waals surface area contributed by atoms with Gasteiger partial charge < -0.3 is 10.1 Å². The number of aromatic nitrogens is 2. The minimum atomic E-state index is -3.71. The molecule has 0 radical (unpaired) electrons. The fraction of sp³-hybridized carbons (Fsp3) is 0.286. The number of aryl methyl sites for hydroxylation is 1. The molecule has 1 heterocycles. The van der Waals surface area contributed by atoms with Crippen LogP contribution in [0.25, 0.3) is 10.8 Å². The summed E-state index contributed by atoms with van der Waals surface area (Å²) in [4.78, 5) is 25.8. The molecular weight excluding hydrogens is 420 g/mol. The topological polar surface area (TPSA) is 111 Å². The molecule has 164 valence electrons. The number of carbonyl (C=O) groups excluding carboxylic acids is 1. The van der Waals surface area contributed by atoms with Crippen LogP contribution in [0, 0.1) is 0 Å². The zero-order chi connectivity index (χ0) is 22.8. The molecule has 0 unspecified atom stereocenters. The Morgan fingerprint density at radius 1 is 1.16 bits per heavy atom. The molecule has 0 saturated heterocycles. The molecule has 0 aliphatic carbocycles. The number of nitrogens with zero attached hydrogens (tertiary/aromatic N) is 3. The number of ether oxygens (including phenoxy) is 1. The van der Waals surface area contributed by atoms with Gasteiger partial charge in [0.15, 0.2) is 5.69 Å². The van der Waals surface area contributed by atoms with E-state index in [2.05, 4.69) is 10.4 Å². The molecule has 1 aromatic heterocycles. The number of carbonyl (C=O) groups is 1. The van der Waals surface area contributed by atoms with Crippen molar-refractivity contribution in [1.29, 1.82) is 0 Å². The van der Waals surface area contributed by atoms with Crippen molar-refractivity contribution in [2.75, 3.05) is 26.5 Å². The number of hydrogen-bond donors (Lipinski definition) is 1. The fourth-order valence-electron chi connectivity index (χ4n) is 3.10. The van der Waals surface area contributed by atoms with Gasteiger partial charge in [0.1, 0.15) is 5.75 Å². The monoisotopic (exact) mass is 444 g/mol. The molecule has 0 spiro atoms. The predicted molar refractivity (Wildman–Crippen MR) is 118 cm³/mol. The van der Waals surface area contributed by atoms with E-state index in [0.717, 1.165) is 4.31 Å². The molecule has 0 fully saturated rings. The number of methoxy groups -OCH3 is 1. The maximum Gasteiger partial charge on any atom is 0.276 e. The van der Waals surface area contributed by atoms with Crippen LogP contribution in [0.4, 0.5) is 5.69 Å². The smallest absolute Gasteiger partial charge is 0.276 e. The third-order valence-electron chi connectivity index (χ3n) is 4.72. The van der Waals surface area contributed by atoms with Crippen molar-refractivity contribution < 1.29 is 17.9 Å². The van der Waals surface area contributed by atoms with Gasteiger partial charge in [-0.3, -0.25) is 9.59 Å². The molecule has 3 rings (SSSR count). The number of benzene rings is 2. The molecular formula is C21H24N4O5S. The van der Waals surface area contributed by atoms with Crippen molar-refractivity contribution in [3.8, 4) is 5.75 Å². The number of anilines is 1. The Hall–Kier alpha value is -3.24. The van der Waals surface area contributed by atoms with Gasteiger partial charge in [-0.2, -0.15) is 5.10 Å². The first kappa shape index (κ1) is 22.4. The van der Waals surface area contributed by atoms with Crippen molar-refractivity contribution in [2.24, 2.45) is 0 Å². The summed E-state index contributed by atoms with van der Waals surface area (Å²) in [6.45, 7) is 2.27. The average molecular weight is 445 g/mol. The second kappa shape index (κ2) is 8.86. The summed E-state index contributed by atoms with van der Waals surface area (Å²) in [6, 6.07) is 10.9. The van der Waals surface area contributed by atoms with Gasteiger partial charge in [0.25, 0.3) is 11.5 Å². The molecule has 1 N–H and O–H groups in total. The number of sulfonamides is 1. The number of amides is 1. The van der Waals surface area contributed by atoms with E-state index in [-0.39, 0.29) is 27.6 Å².